The highest BCUT2D eigenvalue weighted by molar-refractivity contribution is 6.02. The molecule has 3 aromatic carbocycles. The zero-order valence-electron chi connectivity index (χ0n) is 19.3. The number of allylic oxidation sites excluding steroid dienone is 2. The lowest BCUT2D eigenvalue weighted by Gasteiger charge is -2.38. The highest BCUT2D eigenvalue weighted by Gasteiger charge is 2.36. The molecular weight excluding hydrogens is 420 g/mol. The number of rotatable bonds is 6. The van der Waals surface area contributed by atoms with Gasteiger partial charge in [0.25, 0.3) is 0 Å². The molecule has 4 N–H and O–H groups in total. The molecule has 0 radical (unpaired) electrons. The Morgan fingerprint density at radius 1 is 0.941 bits per heavy atom. The molecule has 0 saturated carbocycles. The summed E-state index contributed by atoms with van der Waals surface area (Å²) in [6, 6.07) is 23.5. The fraction of sp³-hybridized carbons (Fsp3) is 0.276. The average Bonchev–Trinajstić information content (AvgIpc) is 3.30. The summed E-state index contributed by atoms with van der Waals surface area (Å²) in [5.74, 6) is 0.846. The molecule has 1 aliphatic heterocycles. The first-order chi connectivity index (χ1) is 16.7. The van der Waals surface area contributed by atoms with E-state index in [1.165, 1.54) is 47.9 Å². The fourth-order valence-corrected chi connectivity index (χ4v) is 5.13. The predicted octanol–water partition coefficient (Wildman–Crippen LogP) is 5.59. The Bertz CT molecular complexity index is 1350. The molecule has 0 atom stereocenters. The van der Waals surface area contributed by atoms with Crippen LogP contribution in [0.15, 0.2) is 72.8 Å². The summed E-state index contributed by atoms with van der Waals surface area (Å²) in [5.41, 5.74) is 7.53. The van der Waals surface area contributed by atoms with E-state index in [0.717, 1.165) is 27.8 Å². The number of aromatic nitrogens is 2. The molecule has 5 heteroatoms. The molecule has 1 saturated heterocycles. The van der Waals surface area contributed by atoms with Crippen molar-refractivity contribution in [2.24, 2.45) is 0 Å². The molecule has 34 heavy (non-hydrogen) atoms. The number of nitrogens with zero attached hydrogens (tertiary/aromatic N) is 1. The van der Waals surface area contributed by atoms with Gasteiger partial charge in [0.1, 0.15) is 5.60 Å². The van der Waals surface area contributed by atoms with Gasteiger partial charge >= 0.3 is 0 Å². The van der Waals surface area contributed by atoms with Crippen LogP contribution < -0.4 is 10.6 Å². The van der Waals surface area contributed by atoms with Crippen molar-refractivity contribution < 1.29 is 5.11 Å². The van der Waals surface area contributed by atoms with Crippen LogP contribution in [-0.2, 0) is 12.1 Å². The van der Waals surface area contributed by atoms with Crippen LogP contribution in [0.1, 0.15) is 42.4 Å². The number of aromatic amines is 1. The van der Waals surface area contributed by atoms with Crippen LogP contribution in [0, 0.1) is 0 Å². The van der Waals surface area contributed by atoms with Gasteiger partial charge in [0, 0.05) is 19.6 Å². The van der Waals surface area contributed by atoms with Gasteiger partial charge in [0.15, 0.2) is 5.82 Å². The second-order valence-corrected chi connectivity index (χ2v) is 9.54. The van der Waals surface area contributed by atoms with Crippen molar-refractivity contribution in [2.75, 3.05) is 18.4 Å². The van der Waals surface area contributed by atoms with Crippen LogP contribution in [-0.4, -0.2) is 28.4 Å². The van der Waals surface area contributed by atoms with Crippen LogP contribution in [0.25, 0.3) is 27.6 Å². The Kier molecular flexibility index (Phi) is 5.44. The number of hydrogen-bond donors (Lipinski definition) is 4. The minimum absolute atomic E-state index is 0.604. The van der Waals surface area contributed by atoms with E-state index in [4.69, 9.17) is 0 Å². The molecule has 2 heterocycles. The maximum absolute atomic E-state index is 10.7. The first kappa shape index (κ1) is 21.1. The maximum Gasteiger partial charge on any atom is 0.156 e. The van der Waals surface area contributed by atoms with E-state index in [1.54, 1.807) is 0 Å². The molecule has 5 nitrogen and oxygen atoms in total. The van der Waals surface area contributed by atoms with Crippen molar-refractivity contribution in [3.63, 3.8) is 0 Å². The normalized spacial score (nSPS) is 17.3. The van der Waals surface area contributed by atoms with Crippen molar-refractivity contribution in [1.82, 2.24) is 15.5 Å². The van der Waals surface area contributed by atoms with Crippen molar-refractivity contribution in [1.29, 1.82) is 0 Å². The number of aliphatic hydroxyl groups is 1. The van der Waals surface area contributed by atoms with E-state index in [1.807, 2.05) is 12.1 Å². The number of anilines is 1. The number of benzene rings is 3. The van der Waals surface area contributed by atoms with E-state index in [2.05, 4.69) is 81.5 Å². The van der Waals surface area contributed by atoms with Crippen molar-refractivity contribution in [3.05, 3.63) is 89.5 Å². The topological polar surface area (TPSA) is 73.0 Å². The lowest BCUT2D eigenvalue weighted by atomic mass is 9.87. The number of H-pyrrole nitrogens is 1. The van der Waals surface area contributed by atoms with Crippen LogP contribution in [0.5, 0.6) is 0 Å². The van der Waals surface area contributed by atoms with Gasteiger partial charge in [0.05, 0.1) is 10.9 Å². The van der Waals surface area contributed by atoms with Crippen LogP contribution in [0.2, 0.25) is 0 Å². The molecule has 0 spiro atoms. The largest absolute Gasteiger partial charge is 0.382 e. The molecule has 6 rings (SSSR count). The standard InChI is InChI=1S/C29H30N4O/c34-29(18-30-19-29)24-9-4-6-20(16-24)17-31-28-27-25(10-5-11-26(27)32-33-28)23-14-12-22(13-15-23)21-7-2-1-3-8-21/h4-7,9-16,30,34H,1-3,8,17-19H2,(H2,31,32,33). The molecule has 1 aliphatic carbocycles. The Morgan fingerprint density at radius 2 is 1.76 bits per heavy atom. The van der Waals surface area contributed by atoms with Crippen molar-refractivity contribution >= 4 is 22.3 Å². The molecule has 1 fully saturated rings. The molecular formula is C29H30N4O. The van der Waals surface area contributed by atoms with Crippen molar-refractivity contribution in [3.8, 4) is 11.1 Å². The van der Waals surface area contributed by atoms with Crippen LogP contribution in [0.4, 0.5) is 5.82 Å². The van der Waals surface area contributed by atoms with Crippen LogP contribution in [0.3, 0.4) is 0 Å². The summed E-state index contributed by atoms with van der Waals surface area (Å²) < 4.78 is 0. The smallest absolute Gasteiger partial charge is 0.156 e. The van der Waals surface area contributed by atoms with Gasteiger partial charge in [-0.2, -0.15) is 5.10 Å². The summed E-state index contributed by atoms with van der Waals surface area (Å²) in [6.45, 7) is 1.85. The first-order valence-electron chi connectivity index (χ1n) is 12.2. The highest BCUT2D eigenvalue weighted by Crippen LogP contribution is 2.35. The third kappa shape index (κ3) is 3.91. The number of hydrogen-bond acceptors (Lipinski definition) is 4. The zero-order valence-corrected chi connectivity index (χ0v) is 19.3. The third-order valence-corrected chi connectivity index (χ3v) is 7.21. The molecule has 0 bridgehead atoms. The van der Waals surface area contributed by atoms with Gasteiger partial charge in [0.2, 0.25) is 0 Å². The maximum atomic E-state index is 10.7. The Balaban J connectivity index is 1.27. The van der Waals surface area contributed by atoms with E-state index in [9.17, 15) is 5.11 Å². The summed E-state index contributed by atoms with van der Waals surface area (Å²) in [4.78, 5) is 0. The molecule has 172 valence electrons. The van der Waals surface area contributed by atoms with Crippen molar-refractivity contribution in [2.45, 2.75) is 37.8 Å². The average molecular weight is 451 g/mol. The first-order valence-corrected chi connectivity index (χ1v) is 12.2. The minimum Gasteiger partial charge on any atom is -0.382 e. The second-order valence-electron chi connectivity index (χ2n) is 9.54. The summed E-state index contributed by atoms with van der Waals surface area (Å²) in [6.07, 6.45) is 7.37. The second kappa shape index (κ2) is 8.75. The van der Waals surface area contributed by atoms with Gasteiger partial charge in [-0.25, -0.2) is 0 Å². The van der Waals surface area contributed by atoms with Gasteiger partial charge in [-0.3, -0.25) is 5.10 Å². The van der Waals surface area contributed by atoms with E-state index in [-0.39, 0.29) is 0 Å². The SMILES string of the molecule is OC1(c2cccc(CNc3n[nH]c4cccc(-c5ccc(C6=CCCCC6)cc5)c34)c2)CNC1. The molecule has 0 amide bonds. The van der Waals surface area contributed by atoms with E-state index < -0.39 is 5.60 Å². The number of nitrogens with one attached hydrogen (secondary N) is 3. The lowest BCUT2D eigenvalue weighted by molar-refractivity contribution is -0.0147. The van der Waals surface area contributed by atoms with E-state index >= 15 is 0 Å². The third-order valence-electron chi connectivity index (χ3n) is 7.21. The molecule has 2 aliphatic rings. The minimum atomic E-state index is -0.748. The summed E-state index contributed by atoms with van der Waals surface area (Å²) in [7, 11) is 0. The zero-order chi connectivity index (χ0) is 23.0. The Labute approximate surface area is 199 Å². The Hall–Kier alpha value is -3.41. The number of fused-ring (bicyclic) bond motifs is 1. The molecule has 1 aromatic heterocycles. The summed E-state index contributed by atoms with van der Waals surface area (Å²) >= 11 is 0. The van der Waals surface area contributed by atoms with Gasteiger partial charge in [-0.1, -0.05) is 66.7 Å². The monoisotopic (exact) mass is 450 g/mol. The number of β-amino-alcohol motifs (C(OH)–C–C–N with tert-alkyl or cyclic N) is 1. The quantitative estimate of drug-likeness (QED) is 0.309. The van der Waals surface area contributed by atoms with Crippen LogP contribution >= 0.6 is 0 Å². The summed E-state index contributed by atoms with van der Waals surface area (Å²) in [5, 5.41) is 26.2. The van der Waals surface area contributed by atoms with Gasteiger partial charge in [-0.05, 0) is 65.1 Å². The van der Waals surface area contributed by atoms with Gasteiger partial charge in [-0.15, -0.1) is 0 Å². The highest BCUT2D eigenvalue weighted by atomic mass is 16.3. The predicted molar refractivity (Wildman–Crippen MR) is 139 cm³/mol. The van der Waals surface area contributed by atoms with Gasteiger partial charge < -0.3 is 15.7 Å². The van der Waals surface area contributed by atoms with E-state index in [0.29, 0.717) is 19.6 Å². The molecule has 4 aromatic rings. The lowest BCUT2D eigenvalue weighted by Crippen LogP contribution is -2.56. The fourth-order valence-electron chi connectivity index (χ4n) is 5.13. The Morgan fingerprint density at radius 3 is 2.53 bits per heavy atom. The molecule has 0 unspecified atom stereocenters.